The van der Waals surface area contributed by atoms with Crippen molar-refractivity contribution in [3.8, 4) is 0 Å². The third kappa shape index (κ3) is 4.39. The molecule has 8 heteroatoms. The van der Waals surface area contributed by atoms with Crippen molar-refractivity contribution >= 4 is 38.4 Å². The molecule has 1 fully saturated rings. The second-order valence-corrected chi connectivity index (χ2v) is 7.76. The maximum Gasteiger partial charge on any atom is 0.244 e. The fraction of sp³-hybridized carbons (Fsp3) is 0.538. The number of nitrogens with one attached hydrogen (secondary N) is 1. The Morgan fingerprint density at radius 2 is 2.19 bits per heavy atom. The van der Waals surface area contributed by atoms with Crippen LogP contribution in [0.4, 0.5) is 4.39 Å². The van der Waals surface area contributed by atoms with Gasteiger partial charge in [-0.25, -0.2) is 12.8 Å². The van der Waals surface area contributed by atoms with E-state index < -0.39 is 15.8 Å². The van der Waals surface area contributed by atoms with Crippen LogP contribution in [0.15, 0.2) is 27.6 Å². The van der Waals surface area contributed by atoms with Crippen molar-refractivity contribution in [2.75, 3.05) is 26.7 Å². The van der Waals surface area contributed by atoms with E-state index in [1.165, 1.54) is 22.5 Å². The summed E-state index contributed by atoms with van der Waals surface area (Å²) < 4.78 is 40.1. The van der Waals surface area contributed by atoms with E-state index in [-0.39, 0.29) is 21.8 Å². The van der Waals surface area contributed by atoms with Crippen molar-refractivity contribution in [3.05, 3.63) is 28.5 Å². The van der Waals surface area contributed by atoms with E-state index in [1.54, 1.807) is 0 Å². The number of benzene rings is 1. The molecule has 1 aliphatic heterocycles. The molecule has 0 amide bonds. The highest BCUT2D eigenvalue weighted by Gasteiger charge is 2.31. The van der Waals surface area contributed by atoms with Crippen LogP contribution < -0.4 is 5.32 Å². The second kappa shape index (κ2) is 7.87. The fourth-order valence-electron chi connectivity index (χ4n) is 2.52. The normalized spacial score (nSPS) is 20.0. The van der Waals surface area contributed by atoms with E-state index in [1.807, 2.05) is 7.05 Å². The third-order valence-corrected chi connectivity index (χ3v) is 6.33. The first kappa shape index (κ1) is 18.8. The van der Waals surface area contributed by atoms with Gasteiger partial charge in [-0.2, -0.15) is 4.31 Å². The molecule has 1 aromatic rings. The predicted molar refractivity (Wildman–Crippen MR) is 86.8 cm³/mol. The quantitative estimate of drug-likeness (QED) is 0.844. The van der Waals surface area contributed by atoms with Crippen molar-refractivity contribution in [1.82, 2.24) is 9.62 Å². The molecule has 1 heterocycles. The van der Waals surface area contributed by atoms with Crippen LogP contribution in [0, 0.1) is 11.7 Å². The second-order valence-electron chi connectivity index (χ2n) is 5.00. The SMILES string of the molecule is CNCC1CCCN(S(=O)(=O)c2ccc(F)cc2Br)C1.Cl. The van der Waals surface area contributed by atoms with E-state index in [0.29, 0.717) is 19.0 Å². The van der Waals surface area contributed by atoms with Gasteiger partial charge in [0.2, 0.25) is 10.0 Å². The Kier molecular flexibility index (Phi) is 7.06. The van der Waals surface area contributed by atoms with Crippen LogP contribution in [0.3, 0.4) is 0 Å². The van der Waals surface area contributed by atoms with Crippen molar-refractivity contribution in [3.63, 3.8) is 0 Å². The molecular weight excluding hydrogens is 383 g/mol. The molecule has 4 nitrogen and oxygen atoms in total. The van der Waals surface area contributed by atoms with Crippen molar-refractivity contribution in [2.45, 2.75) is 17.7 Å². The van der Waals surface area contributed by atoms with Gasteiger partial charge in [0.15, 0.2) is 0 Å². The smallest absolute Gasteiger partial charge is 0.244 e. The van der Waals surface area contributed by atoms with Crippen LogP contribution >= 0.6 is 28.3 Å². The average Bonchev–Trinajstić information content (AvgIpc) is 2.39. The maximum absolute atomic E-state index is 13.1. The minimum absolute atomic E-state index is 0. The minimum Gasteiger partial charge on any atom is -0.319 e. The van der Waals surface area contributed by atoms with E-state index in [2.05, 4.69) is 21.2 Å². The van der Waals surface area contributed by atoms with E-state index in [4.69, 9.17) is 0 Å². The first-order chi connectivity index (χ1) is 9.45. The number of sulfonamides is 1. The van der Waals surface area contributed by atoms with Gasteiger partial charge in [-0.1, -0.05) is 0 Å². The standard InChI is InChI=1S/C13H18BrFN2O2S.ClH/c1-16-8-10-3-2-6-17(9-10)20(18,19)13-5-4-11(15)7-12(13)14;/h4-5,7,10,16H,2-3,6,8-9H2,1H3;1H. The summed E-state index contributed by atoms with van der Waals surface area (Å²) in [5.74, 6) is -0.134. The molecular formula is C13H19BrClFN2O2S. The molecule has 21 heavy (non-hydrogen) atoms. The van der Waals surface area contributed by atoms with Crippen molar-refractivity contribution in [2.24, 2.45) is 5.92 Å². The van der Waals surface area contributed by atoms with E-state index >= 15 is 0 Å². The Morgan fingerprint density at radius 1 is 1.48 bits per heavy atom. The highest BCUT2D eigenvalue weighted by atomic mass is 79.9. The molecule has 0 aromatic heterocycles. The fourth-order valence-corrected chi connectivity index (χ4v) is 5.09. The largest absolute Gasteiger partial charge is 0.319 e. The zero-order valence-electron chi connectivity index (χ0n) is 11.7. The molecule has 1 atom stereocenters. The summed E-state index contributed by atoms with van der Waals surface area (Å²) in [6.45, 7) is 1.83. The van der Waals surface area contributed by atoms with Gasteiger partial charge in [-0.05, 0) is 66.5 Å². The van der Waals surface area contributed by atoms with Crippen LogP contribution in [-0.4, -0.2) is 39.4 Å². The number of piperidine rings is 1. The zero-order chi connectivity index (χ0) is 14.8. The number of nitrogens with zero attached hydrogens (tertiary/aromatic N) is 1. The van der Waals surface area contributed by atoms with Crippen LogP contribution in [0.1, 0.15) is 12.8 Å². The van der Waals surface area contributed by atoms with Gasteiger partial charge in [0.05, 0.1) is 4.90 Å². The molecule has 1 aromatic carbocycles. The van der Waals surface area contributed by atoms with Crippen molar-refractivity contribution in [1.29, 1.82) is 0 Å². The zero-order valence-corrected chi connectivity index (χ0v) is 14.9. The Labute approximate surface area is 139 Å². The maximum atomic E-state index is 13.1. The van der Waals surface area contributed by atoms with Gasteiger partial charge in [0, 0.05) is 17.6 Å². The molecule has 1 N–H and O–H groups in total. The van der Waals surface area contributed by atoms with Crippen molar-refractivity contribution < 1.29 is 12.8 Å². The van der Waals surface area contributed by atoms with Crippen LogP contribution in [0.2, 0.25) is 0 Å². The van der Waals surface area contributed by atoms with Crippen LogP contribution in [0.25, 0.3) is 0 Å². The van der Waals surface area contributed by atoms with E-state index in [0.717, 1.165) is 19.4 Å². The summed E-state index contributed by atoms with van der Waals surface area (Å²) in [6, 6.07) is 3.67. The number of hydrogen-bond donors (Lipinski definition) is 1. The Morgan fingerprint density at radius 3 is 2.81 bits per heavy atom. The lowest BCUT2D eigenvalue weighted by Gasteiger charge is -2.32. The molecule has 0 saturated carbocycles. The average molecular weight is 402 g/mol. The molecule has 0 aliphatic carbocycles. The topological polar surface area (TPSA) is 49.4 Å². The molecule has 0 bridgehead atoms. The lowest BCUT2D eigenvalue weighted by Crippen LogP contribution is -2.42. The first-order valence-corrected chi connectivity index (χ1v) is 8.78. The molecule has 2 rings (SSSR count). The number of rotatable bonds is 4. The molecule has 0 radical (unpaired) electrons. The van der Waals surface area contributed by atoms with Gasteiger partial charge in [0.25, 0.3) is 0 Å². The van der Waals surface area contributed by atoms with Crippen LogP contribution in [0.5, 0.6) is 0 Å². The molecule has 1 unspecified atom stereocenters. The van der Waals surface area contributed by atoms with Gasteiger partial charge >= 0.3 is 0 Å². The Hall–Kier alpha value is -0.210. The Balaban J connectivity index is 0.00000220. The van der Waals surface area contributed by atoms with Gasteiger partial charge in [-0.15, -0.1) is 12.4 Å². The molecule has 120 valence electrons. The van der Waals surface area contributed by atoms with Gasteiger partial charge in [-0.3, -0.25) is 0 Å². The minimum atomic E-state index is -3.57. The summed E-state index contributed by atoms with van der Waals surface area (Å²) >= 11 is 3.14. The highest BCUT2D eigenvalue weighted by molar-refractivity contribution is 9.10. The van der Waals surface area contributed by atoms with E-state index in [9.17, 15) is 12.8 Å². The monoisotopic (exact) mass is 400 g/mol. The van der Waals surface area contributed by atoms with Crippen LogP contribution in [-0.2, 0) is 10.0 Å². The lowest BCUT2D eigenvalue weighted by atomic mass is 10.00. The van der Waals surface area contributed by atoms with Gasteiger partial charge in [0.1, 0.15) is 5.82 Å². The predicted octanol–water partition coefficient (Wildman–Crippen LogP) is 2.63. The summed E-state index contributed by atoms with van der Waals surface area (Å²) in [6.07, 6.45) is 1.88. The molecule has 1 aliphatic rings. The molecule has 0 spiro atoms. The highest BCUT2D eigenvalue weighted by Crippen LogP contribution is 2.28. The summed E-state index contributed by atoms with van der Waals surface area (Å²) in [7, 11) is -1.70. The molecule has 1 saturated heterocycles. The lowest BCUT2D eigenvalue weighted by molar-refractivity contribution is 0.263. The summed E-state index contributed by atoms with van der Waals surface area (Å²) in [5, 5.41) is 3.09. The summed E-state index contributed by atoms with van der Waals surface area (Å²) in [5.41, 5.74) is 0. The number of halogens is 3. The Bertz CT molecular complexity index is 584. The first-order valence-electron chi connectivity index (χ1n) is 6.55. The van der Waals surface area contributed by atoms with Gasteiger partial charge < -0.3 is 5.32 Å². The number of hydrogen-bond acceptors (Lipinski definition) is 3. The third-order valence-electron chi connectivity index (χ3n) is 3.49. The summed E-state index contributed by atoms with van der Waals surface area (Å²) in [4.78, 5) is 0.129.